The summed E-state index contributed by atoms with van der Waals surface area (Å²) >= 11 is 1.58. The van der Waals surface area contributed by atoms with Gasteiger partial charge in [0.2, 0.25) is 0 Å². The lowest BCUT2D eigenvalue weighted by Crippen LogP contribution is -2.35. The molecule has 1 aliphatic rings. The number of pyridine rings is 1. The number of ether oxygens (including phenoxy) is 1. The fraction of sp³-hybridized carbons (Fsp3) is 0.190. The summed E-state index contributed by atoms with van der Waals surface area (Å²) in [5.41, 5.74) is 2.68. The summed E-state index contributed by atoms with van der Waals surface area (Å²) in [6, 6.07) is 11.2. The second kappa shape index (κ2) is 7.68. The van der Waals surface area contributed by atoms with Crippen molar-refractivity contribution in [1.82, 2.24) is 4.98 Å². The predicted octanol–water partition coefficient (Wildman–Crippen LogP) is 4.51. The second-order valence-electron chi connectivity index (χ2n) is 6.60. The molecule has 0 aliphatic carbocycles. The molecule has 0 radical (unpaired) electrons. The molecule has 0 amide bonds. The fourth-order valence-corrected chi connectivity index (χ4v) is 6.01. The lowest BCUT2D eigenvalue weighted by atomic mass is 10.0. The zero-order valence-corrected chi connectivity index (χ0v) is 17.6. The van der Waals surface area contributed by atoms with Gasteiger partial charge in [-0.05, 0) is 54.4 Å². The molecule has 29 heavy (non-hydrogen) atoms. The molecule has 1 aliphatic heterocycles. The number of halogens is 1. The van der Waals surface area contributed by atoms with Crippen LogP contribution in [0.4, 0.5) is 10.1 Å². The van der Waals surface area contributed by atoms with Gasteiger partial charge < -0.3 is 4.74 Å². The first-order chi connectivity index (χ1) is 13.9. The van der Waals surface area contributed by atoms with Crippen molar-refractivity contribution >= 4 is 27.5 Å². The van der Waals surface area contributed by atoms with Gasteiger partial charge >= 0.3 is 0 Å². The molecule has 0 unspecified atom stereocenters. The van der Waals surface area contributed by atoms with E-state index < -0.39 is 10.0 Å². The van der Waals surface area contributed by atoms with E-state index in [4.69, 9.17) is 4.74 Å². The maximum absolute atomic E-state index is 13.7. The summed E-state index contributed by atoms with van der Waals surface area (Å²) in [5, 5.41) is 0. The third kappa shape index (κ3) is 3.58. The minimum absolute atomic E-state index is 0.194. The molecule has 8 heteroatoms. The number of fused-ring (bicyclic) bond motifs is 1. The first-order valence-electron chi connectivity index (χ1n) is 8.96. The molecule has 5 nitrogen and oxygen atoms in total. The van der Waals surface area contributed by atoms with Crippen LogP contribution < -0.4 is 9.04 Å². The average Bonchev–Trinajstić information content (AvgIpc) is 2.75. The van der Waals surface area contributed by atoms with Gasteiger partial charge in [-0.25, -0.2) is 12.8 Å². The van der Waals surface area contributed by atoms with Crippen LogP contribution in [0, 0.1) is 12.7 Å². The van der Waals surface area contributed by atoms with Crippen LogP contribution in [-0.2, 0) is 10.0 Å². The first-order valence-corrected chi connectivity index (χ1v) is 11.4. The lowest BCUT2D eigenvalue weighted by Gasteiger charge is -2.31. The lowest BCUT2D eigenvalue weighted by molar-refractivity contribution is 0.414. The van der Waals surface area contributed by atoms with Crippen molar-refractivity contribution < 1.29 is 17.5 Å². The Morgan fingerprint density at radius 3 is 2.59 bits per heavy atom. The maximum Gasteiger partial charge on any atom is 0.264 e. The Bertz CT molecular complexity index is 1170. The van der Waals surface area contributed by atoms with E-state index in [1.165, 1.54) is 29.6 Å². The summed E-state index contributed by atoms with van der Waals surface area (Å²) in [7, 11) is -2.22. The minimum atomic E-state index is -3.75. The van der Waals surface area contributed by atoms with Gasteiger partial charge in [0.1, 0.15) is 11.6 Å². The number of hydrogen-bond acceptors (Lipinski definition) is 5. The summed E-state index contributed by atoms with van der Waals surface area (Å²) in [5.74, 6) is 0.927. The highest BCUT2D eigenvalue weighted by Crippen LogP contribution is 2.43. The Morgan fingerprint density at radius 1 is 1.14 bits per heavy atom. The fourth-order valence-electron chi connectivity index (χ4n) is 3.26. The Labute approximate surface area is 173 Å². The summed E-state index contributed by atoms with van der Waals surface area (Å²) in [6.07, 6.45) is 3.27. The number of hydrogen-bond donors (Lipinski definition) is 0. The molecular weight excluding hydrogens is 411 g/mol. The molecule has 0 saturated carbocycles. The average molecular weight is 431 g/mol. The largest absolute Gasteiger partial charge is 0.497 e. The molecule has 2 aromatic carbocycles. The number of methoxy groups -OCH3 is 1. The van der Waals surface area contributed by atoms with Gasteiger partial charge in [0.15, 0.2) is 0 Å². The Morgan fingerprint density at radius 2 is 1.90 bits per heavy atom. The number of anilines is 1. The van der Waals surface area contributed by atoms with Crippen LogP contribution in [0.2, 0.25) is 0 Å². The molecule has 0 fully saturated rings. The van der Waals surface area contributed by atoms with E-state index in [-0.39, 0.29) is 10.7 Å². The van der Waals surface area contributed by atoms with Gasteiger partial charge in [0, 0.05) is 29.0 Å². The number of aryl methyl sites for hydroxylation is 1. The van der Waals surface area contributed by atoms with Crippen molar-refractivity contribution in [3.63, 3.8) is 0 Å². The van der Waals surface area contributed by atoms with E-state index in [0.29, 0.717) is 29.3 Å². The van der Waals surface area contributed by atoms with Crippen LogP contribution in [-0.4, -0.2) is 32.8 Å². The van der Waals surface area contributed by atoms with E-state index in [9.17, 15) is 12.8 Å². The minimum Gasteiger partial charge on any atom is -0.497 e. The summed E-state index contributed by atoms with van der Waals surface area (Å²) in [6.45, 7) is 2.05. The number of thioether (sulfide) groups is 1. The van der Waals surface area contributed by atoms with Crippen molar-refractivity contribution in [1.29, 1.82) is 0 Å². The molecule has 3 aromatic rings. The van der Waals surface area contributed by atoms with Gasteiger partial charge in [0.25, 0.3) is 10.0 Å². The first kappa shape index (κ1) is 19.7. The van der Waals surface area contributed by atoms with Crippen LogP contribution in [0.3, 0.4) is 0 Å². The van der Waals surface area contributed by atoms with E-state index in [1.54, 1.807) is 55.3 Å². The van der Waals surface area contributed by atoms with E-state index in [0.717, 1.165) is 16.0 Å². The standard InChI is InChI=1S/C21H19FN2O3S2/c1-14-11-15(3-8-19(14)22)18-12-23-13-20-21(18)28-10-9-24(20)29(25,26)17-6-4-16(27-2)5-7-17/h3-8,11-13H,9-10H2,1-2H3. The molecule has 0 atom stereocenters. The maximum atomic E-state index is 13.7. The van der Waals surface area contributed by atoms with Crippen LogP contribution in [0.25, 0.3) is 11.1 Å². The number of rotatable bonds is 4. The normalized spacial score (nSPS) is 13.8. The SMILES string of the molecule is COc1ccc(S(=O)(=O)N2CCSc3c(-c4ccc(F)c(C)c4)cncc32)cc1. The van der Waals surface area contributed by atoms with Gasteiger partial charge in [-0.3, -0.25) is 9.29 Å². The topological polar surface area (TPSA) is 59.5 Å². The van der Waals surface area contributed by atoms with Crippen LogP contribution in [0.5, 0.6) is 5.75 Å². The Kier molecular flexibility index (Phi) is 5.23. The number of sulfonamides is 1. The summed E-state index contributed by atoms with van der Waals surface area (Å²) in [4.78, 5) is 5.30. The second-order valence-corrected chi connectivity index (χ2v) is 9.57. The molecule has 1 aromatic heterocycles. The quantitative estimate of drug-likeness (QED) is 0.610. The Balaban J connectivity index is 1.79. The Hall–Kier alpha value is -2.58. The third-order valence-corrected chi connectivity index (χ3v) is 7.74. The van der Waals surface area contributed by atoms with Crippen molar-refractivity contribution in [2.75, 3.05) is 23.7 Å². The van der Waals surface area contributed by atoms with Crippen LogP contribution in [0.15, 0.2) is 64.6 Å². The molecule has 0 saturated heterocycles. The van der Waals surface area contributed by atoms with Crippen LogP contribution >= 0.6 is 11.8 Å². The van der Waals surface area contributed by atoms with Gasteiger partial charge in [-0.2, -0.15) is 0 Å². The van der Waals surface area contributed by atoms with E-state index in [2.05, 4.69) is 4.98 Å². The molecular formula is C21H19FN2O3S2. The smallest absolute Gasteiger partial charge is 0.264 e. The molecule has 0 bridgehead atoms. The van der Waals surface area contributed by atoms with Crippen molar-refractivity contribution in [3.05, 3.63) is 66.2 Å². The highest BCUT2D eigenvalue weighted by atomic mass is 32.2. The van der Waals surface area contributed by atoms with Gasteiger partial charge in [-0.1, -0.05) is 6.07 Å². The molecule has 4 rings (SSSR count). The molecule has 150 valence electrons. The molecule has 0 N–H and O–H groups in total. The number of aromatic nitrogens is 1. The summed E-state index contributed by atoms with van der Waals surface area (Å²) < 4.78 is 46.8. The van der Waals surface area contributed by atoms with Crippen molar-refractivity contribution in [3.8, 4) is 16.9 Å². The van der Waals surface area contributed by atoms with Crippen molar-refractivity contribution in [2.45, 2.75) is 16.7 Å². The zero-order valence-electron chi connectivity index (χ0n) is 15.9. The molecule has 0 spiro atoms. The molecule has 2 heterocycles. The van der Waals surface area contributed by atoms with Gasteiger partial charge in [-0.15, -0.1) is 11.8 Å². The van der Waals surface area contributed by atoms with Gasteiger partial charge in [0.05, 0.1) is 23.9 Å². The van der Waals surface area contributed by atoms with E-state index in [1.807, 2.05) is 0 Å². The van der Waals surface area contributed by atoms with Crippen molar-refractivity contribution in [2.24, 2.45) is 0 Å². The number of nitrogens with zero attached hydrogens (tertiary/aromatic N) is 2. The number of benzene rings is 2. The van der Waals surface area contributed by atoms with E-state index >= 15 is 0 Å². The highest BCUT2D eigenvalue weighted by molar-refractivity contribution is 8.00. The van der Waals surface area contributed by atoms with Crippen LogP contribution in [0.1, 0.15) is 5.56 Å². The predicted molar refractivity (Wildman–Crippen MR) is 113 cm³/mol. The monoisotopic (exact) mass is 430 g/mol. The zero-order chi connectivity index (χ0) is 20.6. The highest BCUT2D eigenvalue weighted by Gasteiger charge is 2.31. The third-order valence-electron chi connectivity index (χ3n) is 4.80.